The molecule has 0 saturated heterocycles. The summed E-state index contributed by atoms with van der Waals surface area (Å²) in [5.41, 5.74) is 0. The normalized spacial score (nSPS) is 10.2. The van der Waals surface area contributed by atoms with Crippen molar-refractivity contribution < 1.29 is 12.7 Å². The van der Waals surface area contributed by atoms with E-state index in [4.69, 9.17) is 5.41 Å². The Labute approximate surface area is 75.3 Å². The Bertz CT molecular complexity index is 420. The van der Waals surface area contributed by atoms with Gasteiger partial charge in [0.2, 0.25) is 0 Å². The van der Waals surface area contributed by atoms with Crippen LogP contribution in [-0.4, -0.2) is 14.4 Å². The van der Waals surface area contributed by atoms with Crippen LogP contribution in [0, 0.1) is 5.41 Å². The molecule has 0 amide bonds. The quantitative estimate of drug-likeness (QED) is 0.582. The van der Waals surface area contributed by atoms with E-state index in [1.165, 1.54) is 18.1 Å². The van der Waals surface area contributed by atoms with E-state index in [-0.39, 0.29) is 4.90 Å². The van der Waals surface area contributed by atoms with E-state index in [0.717, 1.165) is 0 Å². The minimum atomic E-state index is -3.87. The molecule has 0 aliphatic heterocycles. The summed E-state index contributed by atoms with van der Waals surface area (Å²) in [5.74, 6) is 0. The molecule has 6 heteroatoms. The van der Waals surface area contributed by atoms with Crippen molar-refractivity contribution in [2.45, 2.75) is 4.90 Å². The van der Waals surface area contributed by atoms with Crippen LogP contribution in [0.1, 0.15) is 0 Å². The monoisotopic (exact) mass is 198 g/mol. The highest BCUT2D eigenvalue weighted by Crippen LogP contribution is 2.10. The smallest absolute Gasteiger partial charge is 0.254 e. The van der Waals surface area contributed by atoms with Gasteiger partial charge in [0.25, 0.3) is 0 Å². The summed E-state index contributed by atoms with van der Waals surface area (Å²) < 4.78 is 26.4. The third-order valence-electron chi connectivity index (χ3n) is 1.21. The van der Waals surface area contributed by atoms with Gasteiger partial charge in [-0.3, -0.25) is 4.28 Å². The highest BCUT2D eigenvalue weighted by molar-refractivity contribution is 7.86. The molecule has 0 radical (unpaired) electrons. The van der Waals surface area contributed by atoms with Crippen molar-refractivity contribution in [1.82, 2.24) is 0 Å². The second-order valence-electron chi connectivity index (χ2n) is 2.04. The minimum Gasteiger partial charge on any atom is -0.254 e. The van der Waals surface area contributed by atoms with Gasteiger partial charge in [0.15, 0.2) is 0 Å². The molecule has 0 spiro atoms. The zero-order valence-electron chi connectivity index (χ0n) is 6.47. The van der Waals surface area contributed by atoms with Crippen LogP contribution < -0.4 is 0 Å². The summed E-state index contributed by atoms with van der Waals surface area (Å²) in [6.45, 7) is 0. The average Bonchev–Trinajstić information content (AvgIpc) is 2.16. The van der Waals surface area contributed by atoms with Gasteiger partial charge in [-0.05, 0) is 12.1 Å². The van der Waals surface area contributed by atoms with Gasteiger partial charge < -0.3 is 0 Å². The van der Waals surface area contributed by atoms with Crippen LogP contribution in [-0.2, 0) is 14.4 Å². The maximum absolute atomic E-state index is 11.2. The predicted molar refractivity (Wildman–Crippen MR) is 44.9 cm³/mol. The van der Waals surface area contributed by atoms with Crippen LogP contribution in [0.4, 0.5) is 0 Å². The molecule has 68 valence electrons. The maximum atomic E-state index is 11.2. The topological polar surface area (TPSA) is 79.6 Å². The van der Waals surface area contributed by atoms with Gasteiger partial charge in [0.05, 0.1) is 0 Å². The lowest BCUT2D eigenvalue weighted by atomic mass is 10.4. The summed E-state index contributed by atoms with van der Waals surface area (Å²) in [5, 5.41) is 9.09. The van der Waals surface area contributed by atoms with Crippen molar-refractivity contribution in [3.05, 3.63) is 30.3 Å². The zero-order valence-corrected chi connectivity index (χ0v) is 7.28. The molecule has 1 aromatic rings. The lowest BCUT2D eigenvalue weighted by molar-refractivity contribution is 0.341. The fraction of sp³-hybridized carbons (Fsp3) is 0. The average molecular weight is 198 g/mol. The zero-order chi connectivity index (χ0) is 9.73. The lowest BCUT2D eigenvalue weighted by Gasteiger charge is -1.97. The molecular weight excluding hydrogens is 192 g/mol. The number of rotatable bonds is 3. The number of hydrogen-bond acceptors (Lipinski definition) is 5. The Balaban J connectivity index is 3.02. The van der Waals surface area contributed by atoms with Crippen molar-refractivity contribution in [2.75, 3.05) is 0 Å². The second-order valence-corrected chi connectivity index (χ2v) is 3.57. The molecule has 0 unspecified atom stereocenters. The molecule has 0 saturated carbocycles. The minimum absolute atomic E-state index is 0.00556. The molecule has 0 heterocycles. The van der Waals surface area contributed by atoms with Gasteiger partial charge in [0.1, 0.15) is 10.9 Å². The number of hydrogen-bond donors (Lipinski definition) is 1. The number of benzene rings is 1. The Morgan fingerprint density at radius 2 is 1.92 bits per heavy atom. The molecule has 0 fully saturated rings. The lowest BCUT2D eigenvalue weighted by Crippen LogP contribution is -2.01. The molecular formula is C7H6N2O3S. The van der Waals surface area contributed by atoms with Gasteiger partial charge >= 0.3 is 10.1 Å². The molecule has 5 nitrogen and oxygen atoms in total. The molecule has 0 atom stereocenters. The third-order valence-corrected chi connectivity index (χ3v) is 2.33. The summed E-state index contributed by atoms with van der Waals surface area (Å²) in [4.78, 5) is -0.00556. The van der Waals surface area contributed by atoms with E-state index in [0.29, 0.717) is 0 Å². The summed E-state index contributed by atoms with van der Waals surface area (Å²) in [6.07, 6.45) is 0. The van der Waals surface area contributed by atoms with Gasteiger partial charge in [0, 0.05) is 5.16 Å². The Morgan fingerprint density at radius 3 is 2.46 bits per heavy atom. The molecule has 0 aliphatic carbocycles. The predicted octanol–water partition coefficient (Wildman–Crippen LogP) is 1.06. The largest absolute Gasteiger partial charge is 0.359 e. The molecule has 0 aromatic heterocycles. The standard InChI is InChI=1S/C7H6N2O3S/c8-6-9-12-13(10,11)7-4-2-1-3-5-7/h1-5,8H. The maximum Gasteiger partial charge on any atom is 0.359 e. The molecule has 1 aromatic carbocycles. The van der Waals surface area contributed by atoms with Crippen molar-refractivity contribution in [2.24, 2.45) is 5.16 Å². The van der Waals surface area contributed by atoms with Gasteiger partial charge in [-0.2, -0.15) is 8.42 Å². The fourth-order valence-corrected chi connectivity index (χ4v) is 1.41. The van der Waals surface area contributed by atoms with E-state index in [9.17, 15) is 8.42 Å². The third kappa shape index (κ3) is 2.40. The molecule has 0 bridgehead atoms. The van der Waals surface area contributed by atoms with Crippen LogP contribution in [0.15, 0.2) is 40.4 Å². The second kappa shape index (κ2) is 3.84. The van der Waals surface area contributed by atoms with Crippen molar-refractivity contribution >= 4 is 16.1 Å². The van der Waals surface area contributed by atoms with Crippen LogP contribution in [0.25, 0.3) is 0 Å². The Hall–Kier alpha value is -1.65. The molecule has 1 rings (SSSR count). The van der Waals surface area contributed by atoms with Crippen molar-refractivity contribution in [3.8, 4) is 0 Å². The van der Waals surface area contributed by atoms with E-state index in [2.05, 4.69) is 9.44 Å². The first-order chi connectivity index (χ1) is 6.17. The summed E-state index contributed by atoms with van der Waals surface area (Å²) in [6, 6.07) is 9.01. The first kappa shape index (κ1) is 9.44. The fourth-order valence-electron chi connectivity index (χ4n) is 0.698. The Morgan fingerprint density at radius 1 is 1.31 bits per heavy atom. The van der Waals surface area contributed by atoms with E-state index in [1.54, 1.807) is 18.2 Å². The highest BCUT2D eigenvalue weighted by Gasteiger charge is 2.13. The van der Waals surface area contributed by atoms with Gasteiger partial charge in [-0.25, -0.2) is 5.41 Å². The first-order valence-electron chi connectivity index (χ1n) is 3.27. The van der Waals surface area contributed by atoms with Gasteiger partial charge in [-0.1, -0.05) is 18.2 Å². The number of nitrogens with one attached hydrogen (secondary N) is 1. The molecule has 1 N–H and O–H groups in total. The molecule has 13 heavy (non-hydrogen) atoms. The van der Waals surface area contributed by atoms with Crippen LogP contribution in [0.5, 0.6) is 0 Å². The first-order valence-corrected chi connectivity index (χ1v) is 4.68. The van der Waals surface area contributed by atoms with E-state index >= 15 is 0 Å². The van der Waals surface area contributed by atoms with Crippen molar-refractivity contribution in [3.63, 3.8) is 0 Å². The Kier molecular flexibility index (Phi) is 2.79. The van der Waals surface area contributed by atoms with Crippen LogP contribution in [0.2, 0.25) is 0 Å². The summed E-state index contributed by atoms with van der Waals surface area (Å²) >= 11 is 0. The number of nitrogens with zero attached hydrogens (tertiary/aromatic N) is 1. The van der Waals surface area contributed by atoms with Crippen LogP contribution >= 0.6 is 0 Å². The van der Waals surface area contributed by atoms with Crippen LogP contribution in [0.3, 0.4) is 0 Å². The molecule has 0 aliphatic rings. The van der Waals surface area contributed by atoms with Crippen molar-refractivity contribution in [1.29, 1.82) is 5.41 Å². The highest BCUT2D eigenvalue weighted by atomic mass is 32.2. The van der Waals surface area contributed by atoms with E-state index < -0.39 is 10.1 Å². The SMILES string of the molecule is N=C=NOS(=O)(=O)c1ccccc1. The van der Waals surface area contributed by atoms with Gasteiger partial charge in [-0.15, -0.1) is 0 Å². The summed E-state index contributed by atoms with van der Waals surface area (Å²) in [7, 11) is -3.87. The van der Waals surface area contributed by atoms with E-state index in [1.807, 2.05) is 0 Å².